The number of para-hydroxylation sites is 2. The van der Waals surface area contributed by atoms with E-state index in [0.717, 1.165) is 5.76 Å². The summed E-state index contributed by atoms with van der Waals surface area (Å²) in [6.45, 7) is 4.22. The summed E-state index contributed by atoms with van der Waals surface area (Å²) in [6.07, 6.45) is 4.87. The van der Waals surface area contributed by atoms with Gasteiger partial charge in [0.25, 0.3) is 12.5 Å². The number of ether oxygens (including phenoxy) is 2. The fourth-order valence-corrected chi connectivity index (χ4v) is 1.70. The molecule has 0 N–H and O–H groups in total. The van der Waals surface area contributed by atoms with Crippen LogP contribution < -0.4 is 9.47 Å². The molecule has 1 heterocycles. The lowest BCUT2D eigenvalue weighted by Crippen LogP contribution is -1.79. The van der Waals surface area contributed by atoms with Crippen molar-refractivity contribution in [1.82, 2.24) is 0 Å². The van der Waals surface area contributed by atoms with E-state index in [1.807, 2.05) is 48.5 Å². The van der Waals surface area contributed by atoms with Crippen LogP contribution in [-0.4, -0.2) is 0 Å². The molecule has 140 valence electrons. The molecule has 0 bridgehead atoms. The van der Waals surface area contributed by atoms with Crippen molar-refractivity contribution in [3.05, 3.63) is 84.8 Å². The molecule has 5 heteroatoms. The first-order valence-electron chi connectivity index (χ1n) is 7.92. The molecule has 0 spiro atoms. The van der Waals surface area contributed by atoms with E-state index in [1.165, 1.54) is 0 Å². The Morgan fingerprint density at radius 3 is 1.44 bits per heavy atom. The highest BCUT2D eigenvalue weighted by molar-refractivity contribution is 5.22. The summed E-state index contributed by atoms with van der Waals surface area (Å²) in [5.74, 6) is 2.75. The predicted octanol–water partition coefficient (Wildman–Crippen LogP) is 6.13. The first kappa shape index (κ1) is 23.3. The van der Waals surface area contributed by atoms with Gasteiger partial charge in [0.15, 0.2) is 0 Å². The Labute approximate surface area is 161 Å². The zero-order valence-electron chi connectivity index (χ0n) is 14.7. The molecule has 0 saturated carbocycles. The van der Waals surface area contributed by atoms with Crippen molar-refractivity contribution in [3.8, 4) is 24.0 Å². The van der Waals surface area contributed by atoms with E-state index in [1.54, 1.807) is 43.0 Å². The number of nitrogens with zero attached hydrogens (tertiary/aromatic N) is 2. The van der Waals surface area contributed by atoms with E-state index in [0.29, 0.717) is 17.4 Å². The van der Waals surface area contributed by atoms with Crippen LogP contribution >= 0.6 is 0 Å². The normalized spacial score (nSPS) is 8.33. The molecule has 0 aliphatic heterocycles. The Hall–Kier alpha value is -3.70. The summed E-state index contributed by atoms with van der Waals surface area (Å²) in [7, 11) is 0. The Morgan fingerprint density at radius 2 is 1.19 bits per heavy atom. The standard InChI is InChI=1S/2C7H5NO.C7H10O.CH4/c2*8-6-9-7-4-2-1-3-5-7;1-6(2)7-4-3-5-8-7;/h2*1-5H;3-6H,1-2H3;1H4. The fourth-order valence-electron chi connectivity index (χ4n) is 1.70. The molecule has 0 unspecified atom stereocenters. The molecule has 0 amide bonds. The summed E-state index contributed by atoms with van der Waals surface area (Å²) < 4.78 is 14.1. The summed E-state index contributed by atoms with van der Waals surface area (Å²) in [4.78, 5) is 0. The van der Waals surface area contributed by atoms with Crippen molar-refractivity contribution >= 4 is 0 Å². The van der Waals surface area contributed by atoms with Crippen LogP contribution in [0.25, 0.3) is 0 Å². The second-order valence-electron chi connectivity index (χ2n) is 5.18. The van der Waals surface area contributed by atoms with Crippen molar-refractivity contribution < 1.29 is 13.9 Å². The lowest BCUT2D eigenvalue weighted by atomic mass is 10.2. The minimum Gasteiger partial charge on any atom is -0.469 e. The van der Waals surface area contributed by atoms with Crippen molar-refractivity contribution in [2.45, 2.75) is 27.2 Å². The van der Waals surface area contributed by atoms with E-state index < -0.39 is 0 Å². The Balaban J connectivity index is 0.000000369. The lowest BCUT2D eigenvalue weighted by molar-refractivity contribution is 0.487. The molecular formula is C22H24N2O3. The number of furan rings is 1. The van der Waals surface area contributed by atoms with E-state index in [4.69, 9.17) is 14.9 Å². The van der Waals surface area contributed by atoms with Crippen LogP contribution in [0.1, 0.15) is 33.0 Å². The Bertz CT molecular complexity index is 736. The van der Waals surface area contributed by atoms with Gasteiger partial charge in [0, 0.05) is 5.92 Å². The third-order valence-electron chi connectivity index (χ3n) is 2.93. The summed E-state index contributed by atoms with van der Waals surface area (Å²) >= 11 is 0. The number of nitriles is 2. The van der Waals surface area contributed by atoms with Gasteiger partial charge in [-0.1, -0.05) is 57.7 Å². The largest absolute Gasteiger partial charge is 0.469 e. The van der Waals surface area contributed by atoms with Crippen molar-refractivity contribution in [2.24, 2.45) is 0 Å². The molecule has 2 aromatic carbocycles. The van der Waals surface area contributed by atoms with Crippen LogP contribution in [0.5, 0.6) is 11.5 Å². The van der Waals surface area contributed by atoms with Crippen LogP contribution in [0.15, 0.2) is 83.5 Å². The van der Waals surface area contributed by atoms with E-state index in [9.17, 15) is 0 Å². The van der Waals surface area contributed by atoms with E-state index in [-0.39, 0.29) is 7.43 Å². The lowest BCUT2D eigenvalue weighted by Gasteiger charge is -1.94. The highest BCUT2D eigenvalue weighted by Gasteiger charge is 1.97. The highest BCUT2D eigenvalue weighted by Crippen LogP contribution is 2.12. The minimum atomic E-state index is 0. The van der Waals surface area contributed by atoms with Gasteiger partial charge in [0.1, 0.15) is 17.3 Å². The van der Waals surface area contributed by atoms with Crippen LogP contribution in [0, 0.1) is 23.0 Å². The van der Waals surface area contributed by atoms with Gasteiger partial charge in [-0.15, -0.1) is 10.5 Å². The average Bonchev–Trinajstić information content (AvgIpc) is 3.20. The first-order chi connectivity index (χ1) is 12.7. The number of hydrogen-bond acceptors (Lipinski definition) is 5. The molecule has 3 rings (SSSR count). The fraction of sp³-hybridized carbons (Fsp3) is 0.182. The van der Waals surface area contributed by atoms with Crippen molar-refractivity contribution in [2.75, 3.05) is 0 Å². The highest BCUT2D eigenvalue weighted by atomic mass is 16.5. The molecule has 0 fully saturated rings. The van der Waals surface area contributed by atoms with Crippen molar-refractivity contribution in [1.29, 1.82) is 10.5 Å². The van der Waals surface area contributed by atoms with Crippen LogP contribution in [-0.2, 0) is 0 Å². The number of rotatable bonds is 3. The zero-order chi connectivity index (χ0) is 19.0. The van der Waals surface area contributed by atoms with Crippen molar-refractivity contribution in [3.63, 3.8) is 0 Å². The van der Waals surface area contributed by atoms with Gasteiger partial charge in [0.05, 0.1) is 6.26 Å². The zero-order valence-corrected chi connectivity index (χ0v) is 14.7. The molecule has 0 radical (unpaired) electrons. The molecule has 5 nitrogen and oxygen atoms in total. The minimum absolute atomic E-state index is 0. The molecule has 1 aromatic heterocycles. The number of benzene rings is 2. The molecule has 0 atom stereocenters. The molecule has 0 aliphatic carbocycles. The molecule has 27 heavy (non-hydrogen) atoms. The molecule has 3 aromatic rings. The molecule has 0 saturated heterocycles. The maximum atomic E-state index is 8.05. The van der Waals surface area contributed by atoms with Gasteiger partial charge in [0.2, 0.25) is 0 Å². The van der Waals surface area contributed by atoms with Crippen LogP contribution in [0.3, 0.4) is 0 Å². The third kappa shape index (κ3) is 10.7. The van der Waals surface area contributed by atoms with Gasteiger partial charge >= 0.3 is 0 Å². The summed E-state index contributed by atoms with van der Waals surface area (Å²) in [5, 5.41) is 16.1. The van der Waals surface area contributed by atoms with E-state index in [2.05, 4.69) is 23.3 Å². The van der Waals surface area contributed by atoms with Gasteiger partial charge in [-0.2, -0.15) is 0 Å². The number of hydrogen-bond donors (Lipinski definition) is 0. The Morgan fingerprint density at radius 1 is 0.741 bits per heavy atom. The van der Waals surface area contributed by atoms with Crippen LogP contribution in [0.2, 0.25) is 0 Å². The molecule has 0 aliphatic rings. The maximum absolute atomic E-state index is 8.05. The maximum Gasteiger partial charge on any atom is 0.292 e. The topological polar surface area (TPSA) is 79.2 Å². The van der Waals surface area contributed by atoms with E-state index >= 15 is 0 Å². The molecular weight excluding hydrogens is 340 g/mol. The predicted molar refractivity (Wildman–Crippen MR) is 105 cm³/mol. The van der Waals surface area contributed by atoms with Gasteiger partial charge in [-0.25, -0.2) is 0 Å². The van der Waals surface area contributed by atoms with Gasteiger partial charge in [-0.05, 0) is 36.4 Å². The average molecular weight is 364 g/mol. The summed E-state index contributed by atoms with van der Waals surface area (Å²) in [5.41, 5.74) is 0. The first-order valence-corrected chi connectivity index (χ1v) is 7.92. The van der Waals surface area contributed by atoms with Crippen LogP contribution in [0.4, 0.5) is 0 Å². The smallest absolute Gasteiger partial charge is 0.292 e. The SMILES string of the molecule is C.CC(C)c1ccco1.N#COc1ccccc1.N#COc1ccccc1. The third-order valence-corrected chi connectivity index (χ3v) is 2.93. The van der Waals surface area contributed by atoms with Gasteiger partial charge in [-0.3, -0.25) is 0 Å². The van der Waals surface area contributed by atoms with Gasteiger partial charge < -0.3 is 13.9 Å². The summed E-state index contributed by atoms with van der Waals surface area (Å²) in [6, 6.07) is 21.8. The second-order valence-corrected chi connectivity index (χ2v) is 5.18. The quantitative estimate of drug-likeness (QED) is 0.522. The Kier molecular flexibility index (Phi) is 12.6. The monoisotopic (exact) mass is 364 g/mol. The second kappa shape index (κ2) is 14.6.